The molecule has 3 heteroatoms. The number of hydrogen-bond acceptors (Lipinski definition) is 3. The monoisotopic (exact) mass is 277 g/mol. The van der Waals surface area contributed by atoms with Crippen molar-refractivity contribution in [3.8, 4) is 0 Å². The highest BCUT2D eigenvalue weighted by Gasteiger charge is 2.04. The summed E-state index contributed by atoms with van der Waals surface area (Å²) in [5.41, 5.74) is 11.0. The van der Waals surface area contributed by atoms with Gasteiger partial charge in [-0.15, -0.1) is 0 Å². The van der Waals surface area contributed by atoms with Gasteiger partial charge in [0.25, 0.3) is 0 Å². The Bertz CT molecular complexity index is 748. The summed E-state index contributed by atoms with van der Waals surface area (Å²) in [5, 5.41) is 4.62. The van der Waals surface area contributed by atoms with Crippen LogP contribution in [0.5, 0.6) is 0 Å². The zero-order valence-corrected chi connectivity index (χ0v) is 12.1. The smallest absolute Gasteiger partial charge is 0.0726 e. The second kappa shape index (κ2) is 5.94. The van der Waals surface area contributed by atoms with Gasteiger partial charge in [0.1, 0.15) is 0 Å². The van der Waals surface area contributed by atoms with Gasteiger partial charge >= 0.3 is 0 Å². The first-order valence-corrected chi connectivity index (χ1v) is 7.19. The Morgan fingerprint density at radius 2 is 1.81 bits per heavy atom. The van der Waals surface area contributed by atoms with Crippen molar-refractivity contribution in [1.29, 1.82) is 0 Å². The van der Waals surface area contributed by atoms with E-state index >= 15 is 0 Å². The molecule has 1 aromatic heterocycles. The maximum Gasteiger partial charge on any atom is 0.0726 e. The van der Waals surface area contributed by atoms with Crippen LogP contribution in [0.15, 0.2) is 54.6 Å². The molecule has 0 unspecified atom stereocenters. The molecule has 0 spiro atoms. The lowest BCUT2D eigenvalue weighted by Gasteiger charge is -2.11. The minimum atomic E-state index is 0.682. The molecule has 0 saturated carbocycles. The van der Waals surface area contributed by atoms with Crippen LogP contribution < -0.4 is 11.1 Å². The van der Waals surface area contributed by atoms with Crippen LogP contribution in [0.25, 0.3) is 10.9 Å². The lowest BCUT2D eigenvalue weighted by atomic mass is 10.1. The van der Waals surface area contributed by atoms with E-state index in [1.165, 1.54) is 5.56 Å². The highest BCUT2D eigenvalue weighted by Crippen LogP contribution is 2.26. The number of benzene rings is 2. The van der Waals surface area contributed by atoms with Crippen molar-refractivity contribution >= 4 is 22.3 Å². The average molecular weight is 277 g/mol. The van der Waals surface area contributed by atoms with Crippen LogP contribution >= 0.6 is 0 Å². The van der Waals surface area contributed by atoms with Gasteiger partial charge in [-0.2, -0.15) is 0 Å². The SMILES string of the molecule is Cc1cc(Nc2ccc(CCN)cc2)c2ccccc2n1. The highest BCUT2D eigenvalue weighted by atomic mass is 14.9. The molecule has 3 nitrogen and oxygen atoms in total. The molecule has 3 N–H and O–H groups in total. The Kier molecular flexibility index (Phi) is 3.84. The number of anilines is 2. The van der Waals surface area contributed by atoms with Crippen molar-refractivity contribution in [3.63, 3.8) is 0 Å². The van der Waals surface area contributed by atoms with E-state index < -0.39 is 0 Å². The van der Waals surface area contributed by atoms with E-state index in [2.05, 4.69) is 46.7 Å². The van der Waals surface area contributed by atoms with Gasteiger partial charge in [-0.25, -0.2) is 0 Å². The van der Waals surface area contributed by atoms with Crippen molar-refractivity contribution in [3.05, 3.63) is 65.9 Å². The number of nitrogens with one attached hydrogen (secondary N) is 1. The molecule has 0 fully saturated rings. The number of fused-ring (bicyclic) bond motifs is 1. The summed E-state index contributed by atoms with van der Waals surface area (Å²) >= 11 is 0. The van der Waals surface area contributed by atoms with Gasteiger partial charge in [0.05, 0.1) is 5.52 Å². The molecule has 3 aromatic rings. The fourth-order valence-corrected chi connectivity index (χ4v) is 2.49. The third-order valence-corrected chi connectivity index (χ3v) is 3.51. The first kappa shape index (κ1) is 13.6. The molecule has 2 aromatic carbocycles. The molecule has 1 heterocycles. The minimum absolute atomic E-state index is 0.682. The molecule has 0 saturated heterocycles. The lowest BCUT2D eigenvalue weighted by molar-refractivity contribution is 0.969. The Morgan fingerprint density at radius 3 is 2.57 bits per heavy atom. The van der Waals surface area contributed by atoms with Gasteiger partial charge < -0.3 is 11.1 Å². The van der Waals surface area contributed by atoms with Crippen LogP contribution in [-0.2, 0) is 6.42 Å². The quantitative estimate of drug-likeness (QED) is 0.763. The Hall–Kier alpha value is -2.39. The fourth-order valence-electron chi connectivity index (χ4n) is 2.49. The first-order chi connectivity index (χ1) is 10.3. The van der Waals surface area contributed by atoms with Gasteiger partial charge in [0.15, 0.2) is 0 Å². The lowest BCUT2D eigenvalue weighted by Crippen LogP contribution is -2.02. The third-order valence-electron chi connectivity index (χ3n) is 3.51. The molecule has 21 heavy (non-hydrogen) atoms. The molecular weight excluding hydrogens is 258 g/mol. The van der Waals surface area contributed by atoms with Crippen molar-refractivity contribution in [1.82, 2.24) is 4.98 Å². The van der Waals surface area contributed by atoms with E-state index in [4.69, 9.17) is 5.73 Å². The van der Waals surface area contributed by atoms with Gasteiger partial charge in [-0.05, 0) is 49.7 Å². The normalized spacial score (nSPS) is 10.8. The summed E-state index contributed by atoms with van der Waals surface area (Å²) in [6, 6.07) is 18.7. The largest absolute Gasteiger partial charge is 0.355 e. The number of aromatic nitrogens is 1. The summed E-state index contributed by atoms with van der Waals surface area (Å²) in [7, 11) is 0. The maximum absolute atomic E-state index is 5.58. The molecule has 0 radical (unpaired) electrons. The number of nitrogens with zero attached hydrogens (tertiary/aromatic N) is 1. The number of aryl methyl sites for hydroxylation is 1. The molecule has 0 bridgehead atoms. The predicted molar refractivity (Wildman–Crippen MR) is 89.0 cm³/mol. The summed E-state index contributed by atoms with van der Waals surface area (Å²) in [5.74, 6) is 0. The maximum atomic E-state index is 5.58. The molecule has 0 aliphatic rings. The van der Waals surface area contributed by atoms with Crippen molar-refractivity contribution in [2.24, 2.45) is 5.73 Å². The van der Waals surface area contributed by atoms with Crippen LogP contribution in [0.3, 0.4) is 0 Å². The average Bonchev–Trinajstić information content (AvgIpc) is 2.49. The van der Waals surface area contributed by atoms with E-state index in [1.54, 1.807) is 0 Å². The second-order valence-electron chi connectivity index (χ2n) is 5.19. The number of nitrogens with two attached hydrogens (primary N) is 1. The second-order valence-corrected chi connectivity index (χ2v) is 5.19. The summed E-state index contributed by atoms with van der Waals surface area (Å²) in [6.07, 6.45) is 0.914. The van der Waals surface area contributed by atoms with E-state index in [-0.39, 0.29) is 0 Å². The summed E-state index contributed by atoms with van der Waals surface area (Å²) < 4.78 is 0. The Morgan fingerprint density at radius 1 is 1.05 bits per heavy atom. The van der Waals surface area contributed by atoms with Crippen LogP contribution in [0.2, 0.25) is 0 Å². The van der Waals surface area contributed by atoms with Crippen molar-refractivity contribution in [2.45, 2.75) is 13.3 Å². The minimum Gasteiger partial charge on any atom is -0.355 e. The highest BCUT2D eigenvalue weighted by molar-refractivity contribution is 5.93. The molecule has 0 aliphatic carbocycles. The van der Waals surface area contributed by atoms with Crippen LogP contribution in [-0.4, -0.2) is 11.5 Å². The van der Waals surface area contributed by atoms with E-state index in [0.717, 1.165) is 34.4 Å². The Labute approximate surface area is 124 Å². The molecular formula is C18H19N3. The molecule has 0 atom stereocenters. The topological polar surface area (TPSA) is 50.9 Å². The number of para-hydroxylation sites is 1. The Balaban J connectivity index is 1.94. The number of hydrogen-bond donors (Lipinski definition) is 2. The van der Waals surface area contributed by atoms with Gasteiger partial charge in [-0.1, -0.05) is 30.3 Å². The van der Waals surface area contributed by atoms with Gasteiger partial charge in [0, 0.05) is 22.5 Å². The predicted octanol–water partition coefficient (Wildman–Crippen LogP) is 3.79. The van der Waals surface area contributed by atoms with Gasteiger partial charge in [0.2, 0.25) is 0 Å². The molecule has 0 amide bonds. The number of pyridine rings is 1. The van der Waals surface area contributed by atoms with E-state index in [0.29, 0.717) is 6.54 Å². The zero-order chi connectivity index (χ0) is 14.7. The molecule has 106 valence electrons. The number of rotatable bonds is 4. The van der Waals surface area contributed by atoms with Crippen molar-refractivity contribution in [2.75, 3.05) is 11.9 Å². The third kappa shape index (κ3) is 3.03. The van der Waals surface area contributed by atoms with E-state index in [9.17, 15) is 0 Å². The van der Waals surface area contributed by atoms with E-state index in [1.807, 2.05) is 25.1 Å². The summed E-state index contributed by atoms with van der Waals surface area (Å²) in [6.45, 7) is 2.70. The summed E-state index contributed by atoms with van der Waals surface area (Å²) in [4.78, 5) is 4.56. The van der Waals surface area contributed by atoms with Crippen LogP contribution in [0.4, 0.5) is 11.4 Å². The molecule has 3 rings (SSSR count). The molecule has 0 aliphatic heterocycles. The first-order valence-electron chi connectivity index (χ1n) is 7.19. The van der Waals surface area contributed by atoms with Crippen LogP contribution in [0.1, 0.15) is 11.3 Å². The zero-order valence-electron chi connectivity index (χ0n) is 12.1. The van der Waals surface area contributed by atoms with Crippen LogP contribution in [0, 0.1) is 6.92 Å². The fraction of sp³-hybridized carbons (Fsp3) is 0.167. The standard InChI is InChI=1S/C18H19N3/c1-13-12-18(16-4-2-3-5-17(16)20-13)21-15-8-6-14(7-9-15)10-11-19/h2-9,12H,10-11,19H2,1H3,(H,20,21). The van der Waals surface area contributed by atoms with Crippen molar-refractivity contribution < 1.29 is 0 Å². The van der Waals surface area contributed by atoms with Gasteiger partial charge in [-0.3, -0.25) is 4.98 Å².